The molecule has 0 saturated carbocycles. The van der Waals surface area contributed by atoms with Crippen molar-refractivity contribution in [2.45, 2.75) is 33.4 Å². The van der Waals surface area contributed by atoms with Gasteiger partial charge in [0.25, 0.3) is 0 Å². The van der Waals surface area contributed by atoms with Crippen molar-refractivity contribution in [2.24, 2.45) is 5.73 Å². The second kappa shape index (κ2) is 6.64. The van der Waals surface area contributed by atoms with Crippen LogP contribution in [0.4, 0.5) is 0 Å². The number of methoxy groups -OCH3 is 1. The lowest BCUT2D eigenvalue weighted by Crippen LogP contribution is -2.08. The van der Waals surface area contributed by atoms with Crippen molar-refractivity contribution in [2.75, 3.05) is 7.11 Å². The van der Waals surface area contributed by atoms with E-state index in [2.05, 4.69) is 32.0 Å². The number of ether oxygens (including phenoxy) is 2. The lowest BCUT2D eigenvalue weighted by Gasteiger charge is -2.15. The molecule has 0 radical (unpaired) electrons. The monoisotopic (exact) mass is 285 g/mol. The van der Waals surface area contributed by atoms with Crippen molar-refractivity contribution in [1.29, 1.82) is 0 Å². The van der Waals surface area contributed by atoms with Crippen LogP contribution in [0.25, 0.3) is 0 Å². The molecule has 0 aliphatic heterocycles. The minimum absolute atomic E-state index is 0.0786. The summed E-state index contributed by atoms with van der Waals surface area (Å²) in [6.07, 6.45) is 0. The molecule has 3 nitrogen and oxygen atoms in total. The predicted molar refractivity (Wildman–Crippen MR) is 85.8 cm³/mol. The van der Waals surface area contributed by atoms with E-state index in [1.54, 1.807) is 7.11 Å². The average molecular weight is 285 g/mol. The first-order valence-corrected chi connectivity index (χ1v) is 7.13. The maximum atomic E-state index is 6.00. The fraction of sp³-hybridized carbons (Fsp3) is 0.333. The Balaban J connectivity index is 2.21. The van der Waals surface area contributed by atoms with Gasteiger partial charge in [-0.1, -0.05) is 35.4 Å². The lowest BCUT2D eigenvalue weighted by molar-refractivity contribution is 0.299. The van der Waals surface area contributed by atoms with Gasteiger partial charge in [0, 0.05) is 17.7 Å². The third-order valence-electron chi connectivity index (χ3n) is 3.39. The second-order valence-electron chi connectivity index (χ2n) is 5.48. The molecule has 0 bridgehead atoms. The van der Waals surface area contributed by atoms with E-state index in [-0.39, 0.29) is 6.04 Å². The normalized spacial score (nSPS) is 12.0. The highest BCUT2D eigenvalue weighted by Crippen LogP contribution is 2.29. The van der Waals surface area contributed by atoms with Crippen LogP contribution >= 0.6 is 0 Å². The molecular formula is C18H23NO2. The molecule has 0 aromatic heterocycles. The Hall–Kier alpha value is -2.00. The zero-order valence-electron chi connectivity index (χ0n) is 13.1. The van der Waals surface area contributed by atoms with Gasteiger partial charge in [-0.2, -0.15) is 0 Å². The Labute approximate surface area is 126 Å². The van der Waals surface area contributed by atoms with Crippen molar-refractivity contribution in [3.8, 4) is 11.5 Å². The van der Waals surface area contributed by atoms with E-state index < -0.39 is 0 Å². The quantitative estimate of drug-likeness (QED) is 0.905. The van der Waals surface area contributed by atoms with Crippen LogP contribution < -0.4 is 15.2 Å². The van der Waals surface area contributed by atoms with Crippen molar-refractivity contribution < 1.29 is 9.47 Å². The van der Waals surface area contributed by atoms with Gasteiger partial charge in [-0.3, -0.25) is 0 Å². The molecule has 2 rings (SSSR count). The molecule has 0 aliphatic carbocycles. The van der Waals surface area contributed by atoms with Crippen LogP contribution in [0.3, 0.4) is 0 Å². The molecule has 112 valence electrons. The molecule has 0 fully saturated rings. The summed E-state index contributed by atoms with van der Waals surface area (Å²) in [4.78, 5) is 0. The van der Waals surface area contributed by atoms with Crippen molar-refractivity contribution in [3.05, 3.63) is 58.7 Å². The van der Waals surface area contributed by atoms with Gasteiger partial charge >= 0.3 is 0 Å². The topological polar surface area (TPSA) is 44.5 Å². The summed E-state index contributed by atoms with van der Waals surface area (Å²) in [5, 5.41) is 0. The Bertz CT molecular complexity index is 600. The standard InChI is InChI=1S/C18H23NO2/c1-12-7-13(2)9-15(8-12)11-21-18-10-16(20-4)5-6-17(18)14(3)19/h5-10,14H,11,19H2,1-4H3/t14-/m0/s1. The summed E-state index contributed by atoms with van der Waals surface area (Å²) in [6, 6.07) is 12.1. The number of aryl methyl sites for hydroxylation is 2. The highest BCUT2D eigenvalue weighted by Gasteiger charge is 2.10. The SMILES string of the molecule is COc1ccc([C@H](C)N)c(OCc2cc(C)cc(C)c2)c1. The second-order valence-corrected chi connectivity index (χ2v) is 5.48. The van der Waals surface area contributed by atoms with Crippen LogP contribution in [0.1, 0.15) is 35.2 Å². The van der Waals surface area contributed by atoms with Gasteiger partial charge in [0.1, 0.15) is 18.1 Å². The molecule has 2 N–H and O–H groups in total. The van der Waals surface area contributed by atoms with Gasteiger partial charge in [0.2, 0.25) is 0 Å². The first kappa shape index (κ1) is 15.4. The van der Waals surface area contributed by atoms with Crippen LogP contribution in [0.5, 0.6) is 11.5 Å². The summed E-state index contributed by atoms with van der Waals surface area (Å²) >= 11 is 0. The molecule has 2 aromatic rings. The van der Waals surface area contributed by atoms with Gasteiger partial charge in [-0.15, -0.1) is 0 Å². The Morgan fingerprint density at radius 3 is 2.29 bits per heavy atom. The number of benzene rings is 2. The van der Waals surface area contributed by atoms with Crippen LogP contribution in [-0.4, -0.2) is 7.11 Å². The molecule has 0 amide bonds. The zero-order chi connectivity index (χ0) is 15.4. The molecule has 21 heavy (non-hydrogen) atoms. The van der Waals surface area contributed by atoms with E-state index in [0.717, 1.165) is 22.6 Å². The molecule has 1 atom stereocenters. The summed E-state index contributed by atoms with van der Waals surface area (Å²) in [6.45, 7) is 6.66. The summed E-state index contributed by atoms with van der Waals surface area (Å²) in [5.74, 6) is 1.55. The van der Waals surface area contributed by atoms with Crippen LogP contribution in [0, 0.1) is 13.8 Å². The van der Waals surface area contributed by atoms with E-state index in [0.29, 0.717) is 6.61 Å². The van der Waals surface area contributed by atoms with Gasteiger partial charge < -0.3 is 15.2 Å². The van der Waals surface area contributed by atoms with E-state index in [1.165, 1.54) is 11.1 Å². The van der Waals surface area contributed by atoms with E-state index >= 15 is 0 Å². The van der Waals surface area contributed by atoms with Crippen molar-refractivity contribution in [1.82, 2.24) is 0 Å². The maximum Gasteiger partial charge on any atom is 0.128 e. The Morgan fingerprint density at radius 2 is 1.71 bits per heavy atom. The first-order valence-electron chi connectivity index (χ1n) is 7.13. The van der Waals surface area contributed by atoms with Crippen LogP contribution in [0.2, 0.25) is 0 Å². The summed E-state index contributed by atoms with van der Waals surface area (Å²) in [5.41, 5.74) is 10.6. The lowest BCUT2D eigenvalue weighted by atomic mass is 10.1. The van der Waals surface area contributed by atoms with Gasteiger partial charge in [-0.05, 0) is 32.4 Å². The molecule has 0 aliphatic rings. The molecular weight excluding hydrogens is 262 g/mol. The molecule has 0 heterocycles. The molecule has 2 aromatic carbocycles. The zero-order valence-corrected chi connectivity index (χ0v) is 13.1. The predicted octanol–water partition coefficient (Wildman–Crippen LogP) is 3.91. The molecule has 0 spiro atoms. The molecule has 0 saturated heterocycles. The van der Waals surface area contributed by atoms with Crippen molar-refractivity contribution in [3.63, 3.8) is 0 Å². The van der Waals surface area contributed by atoms with Gasteiger partial charge in [0.15, 0.2) is 0 Å². The summed E-state index contributed by atoms with van der Waals surface area (Å²) < 4.78 is 11.2. The number of rotatable bonds is 5. The van der Waals surface area contributed by atoms with E-state index in [9.17, 15) is 0 Å². The number of hydrogen-bond donors (Lipinski definition) is 1. The van der Waals surface area contributed by atoms with Crippen molar-refractivity contribution >= 4 is 0 Å². The Morgan fingerprint density at radius 1 is 1.05 bits per heavy atom. The molecule has 0 unspecified atom stereocenters. The fourth-order valence-electron chi connectivity index (χ4n) is 2.46. The van der Waals surface area contributed by atoms with Crippen LogP contribution in [0.15, 0.2) is 36.4 Å². The Kier molecular flexibility index (Phi) is 4.86. The summed E-state index contributed by atoms with van der Waals surface area (Å²) in [7, 11) is 1.65. The smallest absolute Gasteiger partial charge is 0.128 e. The largest absolute Gasteiger partial charge is 0.497 e. The van der Waals surface area contributed by atoms with Gasteiger partial charge in [-0.25, -0.2) is 0 Å². The van der Waals surface area contributed by atoms with E-state index in [4.69, 9.17) is 15.2 Å². The third kappa shape index (κ3) is 3.99. The van der Waals surface area contributed by atoms with Gasteiger partial charge in [0.05, 0.1) is 7.11 Å². The third-order valence-corrected chi connectivity index (χ3v) is 3.39. The highest BCUT2D eigenvalue weighted by molar-refractivity contribution is 5.42. The minimum Gasteiger partial charge on any atom is -0.497 e. The average Bonchev–Trinajstić information content (AvgIpc) is 2.43. The maximum absolute atomic E-state index is 6.00. The number of nitrogens with two attached hydrogens (primary N) is 1. The number of hydrogen-bond acceptors (Lipinski definition) is 3. The van der Waals surface area contributed by atoms with Crippen LogP contribution in [-0.2, 0) is 6.61 Å². The highest BCUT2D eigenvalue weighted by atomic mass is 16.5. The minimum atomic E-state index is -0.0786. The molecule has 3 heteroatoms. The van der Waals surface area contributed by atoms with E-state index in [1.807, 2.05) is 25.1 Å². The first-order chi connectivity index (χ1) is 9.99. The fourth-order valence-corrected chi connectivity index (χ4v) is 2.46.